The Bertz CT molecular complexity index is 3090. The molecule has 0 radical (unpaired) electrons. The van der Waals surface area contributed by atoms with E-state index >= 15 is 0 Å². The van der Waals surface area contributed by atoms with Gasteiger partial charge in [-0.05, 0) is 106 Å². The topological polar surface area (TPSA) is 0 Å². The molecular formula is C62H48. The number of fused-ring (bicyclic) bond motifs is 9. The Labute approximate surface area is 366 Å². The number of hydrogen-bond acceptors (Lipinski definition) is 0. The van der Waals surface area contributed by atoms with Gasteiger partial charge in [0.2, 0.25) is 0 Å². The number of rotatable bonds is 6. The fourth-order valence-corrected chi connectivity index (χ4v) is 12.1. The molecule has 9 aromatic rings. The SMILES string of the molecule is CC1(C)c2ccccc2-c2ccc(C(c3ccc4c(c3)C(C)(C)c3ccccc3-4)c3ccccc3-c3cccc4c3-c3ccccc3C4(c3ccccc3)c3ccccc3)cc21. The molecule has 0 heteroatoms. The van der Waals surface area contributed by atoms with E-state index in [4.69, 9.17) is 0 Å². The lowest BCUT2D eigenvalue weighted by atomic mass is 9.67. The first kappa shape index (κ1) is 36.8. The van der Waals surface area contributed by atoms with Crippen molar-refractivity contribution < 1.29 is 0 Å². The van der Waals surface area contributed by atoms with Gasteiger partial charge in [0.15, 0.2) is 0 Å². The van der Waals surface area contributed by atoms with Gasteiger partial charge in [0.25, 0.3) is 0 Å². The van der Waals surface area contributed by atoms with Crippen molar-refractivity contribution in [1.82, 2.24) is 0 Å². The van der Waals surface area contributed by atoms with Crippen molar-refractivity contribution in [2.75, 3.05) is 0 Å². The molecule has 0 fully saturated rings. The molecule has 0 aromatic heterocycles. The molecule has 0 aliphatic heterocycles. The first-order chi connectivity index (χ1) is 30.3. The third-order valence-electron chi connectivity index (χ3n) is 14.9. The average molecular weight is 793 g/mol. The second kappa shape index (κ2) is 13.5. The van der Waals surface area contributed by atoms with Gasteiger partial charge in [-0.25, -0.2) is 0 Å². The van der Waals surface area contributed by atoms with Gasteiger partial charge >= 0.3 is 0 Å². The van der Waals surface area contributed by atoms with E-state index in [0.717, 1.165) is 0 Å². The van der Waals surface area contributed by atoms with Crippen LogP contribution in [0.4, 0.5) is 0 Å². The lowest BCUT2D eigenvalue weighted by Crippen LogP contribution is -2.28. The smallest absolute Gasteiger partial charge is 0.0622 e. The van der Waals surface area contributed by atoms with Gasteiger partial charge in [-0.2, -0.15) is 0 Å². The van der Waals surface area contributed by atoms with Crippen LogP contribution < -0.4 is 0 Å². The fourth-order valence-electron chi connectivity index (χ4n) is 12.1. The van der Waals surface area contributed by atoms with Crippen molar-refractivity contribution in [1.29, 1.82) is 0 Å². The van der Waals surface area contributed by atoms with Crippen LogP contribution in [0.1, 0.15) is 94.8 Å². The zero-order valence-electron chi connectivity index (χ0n) is 35.8. The maximum absolute atomic E-state index is 2.55. The van der Waals surface area contributed by atoms with E-state index < -0.39 is 5.41 Å². The summed E-state index contributed by atoms with van der Waals surface area (Å²) in [4.78, 5) is 0. The highest BCUT2D eigenvalue weighted by Gasteiger charge is 2.47. The van der Waals surface area contributed by atoms with Crippen LogP contribution in [-0.4, -0.2) is 0 Å². The highest BCUT2D eigenvalue weighted by Crippen LogP contribution is 2.59. The molecule has 0 unspecified atom stereocenters. The standard InChI is InChI=1S/C62H48/c1-60(2)52-30-16-13-25-45(52)47-36-34-40(38-56(47)60)58(41-35-37-48-46-26-14-17-31-53(46)61(3,4)57(48)39-41)49-27-12-11-24-44(49)50-29-19-33-55-59(50)51-28-15-18-32-54(51)62(55,42-20-7-5-8-21-42)43-22-9-6-10-23-43/h5-39,58H,1-4H3. The van der Waals surface area contributed by atoms with Crippen molar-refractivity contribution in [2.45, 2.75) is 49.9 Å². The van der Waals surface area contributed by atoms with Crippen LogP contribution in [0.2, 0.25) is 0 Å². The Kier molecular flexibility index (Phi) is 8.01. The summed E-state index contributed by atoms with van der Waals surface area (Å²) in [6.07, 6.45) is 0. The van der Waals surface area contributed by atoms with E-state index in [9.17, 15) is 0 Å². The van der Waals surface area contributed by atoms with Gasteiger partial charge in [-0.3, -0.25) is 0 Å². The maximum Gasteiger partial charge on any atom is 0.0713 e. The van der Waals surface area contributed by atoms with E-state index in [2.05, 4.69) is 240 Å². The van der Waals surface area contributed by atoms with E-state index in [1.807, 2.05) is 0 Å². The molecule has 0 nitrogen and oxygen atoms in total. The van der Waals surface area contributed by atoms with Crippen LogP contribution in [-0.2, 0) is 16.2 Å². The lowest BCUT2D eigenvalue weighted by molar-refractivity contribution is 0.657. The largest absolute Gasteiger partial charge is 0.0713 e. The predicted octanol–water partition coefficient (Wildman–Crippen LogP) is 15.5. The van der Waals surface area contributed by atoms with E-state index in [1.54, 1.807) is 0 Å². The molecule has 62 heavy (non-hydrogen) atoms. The second-order valence-corrected chi connectivity index (χ2v) is 18.7. The molecule has 0 atom stereocenters. The minimum Gasteiger partial charge on any atom is -0.0622 e. The van der Waals surface area contributed by atoms with Crippen molar-refractivity contribution >= 4 is 0 Å². The van der Waals surface area contributed by atoms with Crippen LogP contribution in [0, 0.1) is 0 Å². The third-order valence-corrected chi connectivity index (χ3v) is 14.9. The number of hydrogen-bond donors (Lipinski definition) is 0. The monoisotopic (exact) mass is 792 g/mol. The van der Waals surface area contributed by atoms with Gasteiger partial charge in [0.05, 0.1) is 5.41 Å². The molecule has 0 saturated carbocycles. The predicted molar refractivity (Wildman–Crippen MR) is 258 cm³/mol. The normalized spacial score (nSPS) is 15.3. The zero-order valence-corrected chi connectivity index (χ0v) is 35.8. The summed E-state index contributed by atoms with van der Waals surface area (Å²) in [5.41, 5.74) is 24.6. The van der Waals surface area contributed by atoms with Crippen LogP contribution >= 0.6 is 0 Å². The Morgan fingerprint density at radius 3 is 1.24 bits per heavy atom. The molecule has 0 heterocycles. The van der Waals surface area contributed by atoms with Crippen LogP contribution in [0.15, 0.2) is 212 Å². The first-order valence-electron chi connectivity index (χ1n) is 22.2. The molecule has 0 saturated heterocycles. The van der Waals surface area contributed by atoms with Crippen LogP contribution in [0.5, 0.6) is 0 Å². The van der Waals surface area contributed by atoms with Crippen molar-refractivity contribution in [3.8, 4) is 44.5 Å². The Morgan fingerprint density at radius 2 is 0.694 bits per heavy atom. The van der Waals surface area contributed by atoms with Crippen molar-refractivity contribution in [3.05, 3.63) is 274 Å². The summed E-state index contributed by atoms with van der Waals surface area (Å²) < 4.78 is 0. The summed E-state index contributed by atoms with van der Waals surface area (Å²) in [6, 6.07) is 80.5. The van der Waals surface area contributed by atoms with Crippen LogP contribution in [0.3, 0.4) is 0 Å². The number of benzene rings is 9. The first-order valence-corrected chi connectivity index (χ1v) is 22.2. The Balaban J connectivity index is 1.12. The van der Waals surface area contributed by atoms with E-state index in [0.29, 0.717) is 0 Å². The highest BCUT2D eigenvalue weighted by molar-refractivity contribution is 5.96. The Hall–Kier alpha value is -7.02. The molecule has 0 amide bonds. The third kappa shape index (κ3) is 5.01. The Morgan fingerprint density at radius 1 is 0.290 bits per heavy atom. The lowest BCUT2D eigenvalue weighted by Gasteiger charge is -2.34. The fraction of sp³-hybridized carbons (Fsp3) is 0.129. The second-order valence-electron chi connectivity index (χ2n) is 18.7. The highest BCUT2D eigenvalue weighted by atomic mass is 14.5. The summed E-state index contributed by atoms with van der Waals surface area (Å²) in [6.45, 7) is 9.60. The van der Waals surface area contributed by atoms with Crippen LogP contribution in [0.25, 0.3) is 44.5 Å². The van der Waals surface area contributed by atoms with Gasteiger partial charge in [-0.15, -0.1) is 0 Å². The molecule has 0 spiro atoms. The molecule has 9 aromatic carbocycles. The quantitative estimate of drug-likeness (QED) is 0.147. The molecule has 3 aliphatic carbocycles. The summed E-state index contributed by atoms with van der Waals surface area (Å²) in [7, 11) is 0. The average Bonchev–Trinajstić information content (AvgIpc) is 3.85. The molecule has 0 bridgehead atoms. The minimum absolute atomic E-state index is 0.0265. The minimum atomic E-state index is -0.472. The molecular weight excluding hydrogens is 745 g/mol. The van der Waals surface area contributed by atoms with Gasteiger partial charge < -0.3 is 0 Å². The summed E-state index contributed by atoms with van der Waals surface area (Å²) >= 11 is 0. The molecule has 3 aliphatic rings. The van der Waals surface area contributed by atoms with Gasteiger partial charge in [0.1, 0.15) is 0 Å². The maximum atomic E-state index is 2.55. The van der Waals surface area contributed by atoms with E-state index in [-0.39, 0.29) is 16.7 Å². The van der Waals surface area contributed by atoms with Crippen molar-refractivity contribution in [2.24, 2.45) is 0 Å². The molecule has 296 valence electrons. The summed E-state index contributed by atoms with van der Waals surface area (Å²) in [5.74, 6) is -0.0265. The molecule has 12 rings (SSSR count). The van der Waals surface area contributed by atoms with E-state index in [1.165, 1.54) is 106 Å². The van der Waals surface area contributed by atoms with Crippen molar-refractivity contribution in [3.63, 3.8) is 0 Å². The van der Waals surface area contributed by atoms with Gasteiger partial charge in [-0.1, -0.05) is 240 Å². The van der Waals surface area contributed by atoms with Gasteiger partial charge in [0, 0.05) is 16.7 Å². The summed E-state index contributed by atoms with van der Waals surface area (Å²) in [5, 5.41) is 0. The zero-order chi connectivity index (χ0) is 41.8. The molecule has 0 N–H and O–H groups in total.